The molecular formula is C9H13NO. The first-order valence-corrected chi connectivity index (χ1v) is 3.80. The number of aliphatic hydroxyl groups excluding tert-OH is 1. The molecule has 0 aromatic heterocycles. The van der Waals surface area contributed by atoms with Gasteiger partial charge >= 0.3 is 0 Å². The molecule has 0 saturated carbocycles. The first-order chi connectivity index (χ1) is 5.29. The van der Waals surface area contributed by atoms with Crippen molar-refractivity contribution in [3.63, 3.8) is 0 Å². The van der Waals surface area contributed by atoms with Crippen LogP contribution in [-0.2, 0) is 0 Å². The molecule has 0 spiro atoms. The average molecular weight is 151 g/mol. The van der Waals surface area contributed by atoms with Gasteiger partial charge in [0.05, 0.1) is 11.8 Å². The van der Waals surface area contributed by atoms with Gasteiger partial charge in [-0.05, 0) is 31.6 Å². The van der Waals surface area contributed by atoms with Crippen LogP contribution in [0.3, 0.4) is 0 Å². The molecule has 1 N–H and O–H groups in total. The Hall–Kier alpha value is -0.890. The Morgan fingerprint density at radius 3 is 2.82 bits per heavy atom. The van der Waals surface area contributed by atoms with Gasteiger partial charge in [0.2, 0.25) is 0 Å². The second-order valence-electron chi connectivity index (χ2n) is 2.68. The smallest absolute Gasteiger partial charge is 0.0962 e. The van der Waals surface area contributed by atoms with Crippen molar-refractivity contribution in [1.29, 1.82) is 0 Å². The number of nitrogens with zero attached hydrogens (tertiary/aromatic N) is 1. The number of rotatable bonds is 2. The van der Waals surface area contributed by atoms with E-state index >= 15 is 0 Å². The van der Waals surface area contributed by atoms with Gasteiger partial charge < -0.3 is 5.11 Å². The Bertz CT molecular complexity index is 206. The van der Waals surface area contributed by atoms with Crippen molar-refractivity contribution in [2.75, 3.05) is 0 Å². The third kappa shape index (κ3) is 1.57. The maximum Gasteiger partial charge on any atom is 0.0962 e. The summed E-state index contributed by atoms with van der Waals surface area (Å²) in [6.07, 6.45) is 4.11. The predicted molar refractivity (Wildman–Crippen MR) is 46.6 cm³/mol. The molecule has 0 radical (unpaired) electrons. The first-order valence-electron chi connectivity index (χ1n) is 3.80. The quantitative estimate of drug-likeness (QED) is 0.598. The summed E-state index contributed by atoms with van der Waals surface area (Å²) in [5.41, 5.74) is 1.75. The molecule has 0 aliphatic heterocycles. The number of hydrogen-bond acceptors (Lipinski definition) is 2. The van der Waals surface area contributed by atoms with Crippen molar-refractivity contribution in [3.8, 4) is 0 Å². The van der Waals surface area contributed by atoms with Crippen LogP contribution >= 0.6 is 0 Å². The van der Waals surface area contributed by atoms with Crippen molar-refractivity contribution in [2.45, 2.75) is 25.4 Å². The number of aliphatic imine (C=N–C) groups is 1. The first kappa shape index (κ1) is 8.21. The minimum atomic E-state index is -0.422. The van der Waals surface area contributed by atoms with Crippen LogP contribution in [0.2, 0.25) is 0 Å². The van der Waals surface area contributed by atoms with E-state index in [9.17, 15) is 5.11 Å². The zero-order valence-electron chi connectivity index (χ0n) is 6.58. The van der Waals surface area contributed by atoms with E-state index in [-0.39, 0.29) is 0 Å². The summed E-state index contributed by atoms with van der Waals surface area (Å²) in [7, 11) is 0. The van der Waals surface area contributed by atoms with Gasteiger partial charge in [0.15, 0.2) is 0 Å². The second-order valence-corrected chi connectivity index (χ2v) is 2.68. The Morgan fingerprint density at radius 1 is 1.64 bits per heavy atom. The lowest BCUT2D eigenvalue weighted by Gasteiger charge is -2.19. The third-order valence-corrected chi connectivity index (χ3v) is 1.99. The van der Waals surface area contributed by atoms with Crippen LogP contribution in [-0.4, -0.2) is 17.9 Å². The van der Waals surface area contributed by atoms with Gasteiger partial charge in [-0.1, -0.05) is 12.7 Å². The lowest BCUT2D eigenvalue weighted by atomic mass is 9.94. The average Bonchev–Trinajstić information content (AvgIpc) is 2.04. The van der Waals surface area contributed by atoms with E-state index in [1.165, 1.54) is 0 Å². The molecule has 0 aromatic rings. The summed E-state index contributed by atoms with van der Waals surface area (Å²) in [6.45, 7) is 7.08. The maximum atomic E-state index is 9.43. The summed E-state index contributed by atoms with van der Waals surface area (Å²) in [5.74, 6) is 0. The Balaban J connectivity index is 2.94. The summed E-state index contributed by atoms with van der Waals surface area (Å²) in [4.78, 5) is 3.79. The molecule has 0 saturated heterocycles. The molecule has 1 aliphatic rings. The number of aliphatic hydroxyl groups is 1. The van der Waals surface area contributed by atoms with E-state index in [0.29, 0.717) is 5.70 Å². The van der Waals surface area contributed by atoms with Crippen molar-refractivity contribution < 1.29 is 5.11 Å². The minimum Gasteiger partial charge on any atom is -0.387 e. The standard InChI is InChI=1S/C9H13NO/c1-3-7-5-4-6-8(11)9(7)10-2/h3,8,11H,1-2,4-6H2. The van der Waals surface area contributed by atoms with E-state index in [2.05, 4.69) is 18.3 Å². The summed E-state index contributed by atoms with van der Waals surface area (Å²) in [6, 6.07) is 0. The zero-order valence-corrected chi connectivity index (χ0v) is 6.58. The lowest BCUT2D eigenvalue weighted by molar-refractivity contribution is 0.188. The Kier molecular flexibility index (Phi) is 2.60. The monoisotopic (exact) mass is 151 g/mol. The van der Waals surface area contributed by atoms with Crippen LogP contribution in [0.15, 0.2) is 28.9 Å². The molecule has 1 aliphatic carbocycles. The molecule has 0 bridgehead atoms. The SMILES string of the molecule is C=CC1=C(N=C)C(O)CCC1. The summed E-state index contributed by atoms with van der Waals surface area (Å²) in [5, 5.41) is 9.43. The van der Waals surface area contributed by atoms with E-state index in [1.54, 1.807) is 6.08 Å². The highest BCUT2D eigenvalue weighted by Gasteiger charge is 2.17. The number of hydrogen-bond donors (Lipinski definition) is 1. The molecule has 1 atom stereocenters. The molecule has 11 heavy (non-hydrogen) atoms. The minimum absolute atomic E-state index is 0.422. The maximum absolute atomic E-state index is 9.43. The molecule has 0 amide bonds. The Labute approximate surface area is 67.0 Å². The molecular weight excluding hydrogens is 138 g/mol. The molecule has 2 heteroatoms. The van der Waals surface area contributed by atoms with Crippen LogP contribution in [0.4, 0.5) is 0 Å². The molecule has 2 nitrogen and oxygen atoms in total. The number of allylic oxidation sites excluding steroid dienone is 2. The highest BCUT2D eigenvalue weighted by molar-refractivity contribution is 5.36. The fraction of sp³-hybridized carbons (Fsp3) is 0.444. The fourth-order valence-electron chi connectivity index (χ4n) is 1.38. The topological polar surface area (TPSA) is 32.6 Å². The van der Waals surface area contributed by atoms with Crippen LogP contribution in [0.1, 0.15) is 19.3 Å². The normalized spacial score (nSPS) is 25.0. The second kappa shape index (κ2) is 3.49. The molecule has 1 rings (SSSR count). The highest BCUT2D eigenvalue weighted by atomic mass is 16.3. The van der Waals surface area contributed by atoms with Crippen LogP contribution < -0.4 is 0 Å². The molecule has 60 valence electrons. The predicted octanol–water partition coefficient (Wildman–Crippen LogP) is 1.67. The lowest BCUT2D eigenvalue weighted by Crippen LogP contribution is -2.15. The van der Waals surface area contributed by atoms with Crippen molar-refractivity contribution in [3.05, 3.63) is 23.9 Å². The van der Waals surface area contributed by atoms with E-state index in [0.717, 1.165) is 24.8 Å². The van der Waals surface area contributed by atoms with Gasteiger partial charge in [-0.15, -0.1) is 0 Å². The van der Waals surface area contributed by atoms with Crippen molar-refractivity contribution in [1.82, 2.24) is 0 Å². The van der Waals surface area contributed by atoms with Gasteiger partial charge in [-0.3, -0.25) is 4.99 Å². The van der Waals surface area contributed by atoms with E-state index in [4.69, 9.17) is 0 Å². The fourth-order valence-corrected chi connectivity index (χ4v) is 1.38. The largest absolute Gasteiger partial charge is 0.387 e. The zero-order chi connectivity index (χ0) is 8.27. The molecule has 0 fully saturated rings. The van der Waals surface area contributed by atoms with E-state index in [1.807, 2.05) is 0 Å². The summed E-state index contributed by atoms with van der Waals surface area (Å²) >= 11 is 0. The third-order valence-electron chi connectivity index (χ3n) is 1.99. The van der Waals surface area contributed by atoms with Gasteiger partial charge in [-0.25, -0.2) is 0 Å². The van der Waals surface area contributed by atoms with Gasteiger partial charge in [0, 0.05) is 0 Å². The van der Waals surface area contributed by atoms with Gasteiger partial charge in [0.25, 0.3) is 0 Å². The van der Waals surface area contributed by atoms with Crippen molar-refractivity contribution in [2.24, 2.45) is 4.99 Å². The Morgan fingerprint density at radius 2 is 2.36 bits per heavy atom. The van der Waals surface area contributed by atoms with Crippen LogP contribution in [0, 0.1) is 0 Å². The van der Waals surface area contributed by atoms with Gasteiger partial charge in [-0.2, -0.15) is 0 Å². The highest BCUT2D eigenvalue weighted by Crippen LogP contribution is 2.25. The molecule has 0 aromatic carbocycles. The van der Waals surface area contributed by atoms with E-state index < -0.39 is 6.10 Å². The van der Waals surface area contributed by atoms with Crippen LogP contribution in [0.25, 0.3) is 0 Å². The van der Waals surface area contributed by atoms with Gasteiger partial charge in [0.1, 0.15) is 0 Å². The van der Waals surface area contributed by atoms with Crippen molar-refractivity contribution >= 4 is 6.72 Å². The molecule has 0 heterocycles. The van der Waals surface area contributed by atoms with Crippen LogP contribution in [0.5, 0.6) is 0 Å². The summed E-state index contributed by atoms with van der Waals surface area (Å²) < 4.78 is 0. The molecule has 1 unspecified atom stereocenters.